The normalized spacial score (nSPS) is 21.0. The number of benzene rings is 1. The molecule has 4 heteroatoms. The van der Waals surface area contributed by atoms with Gasteiger partial charge in [-0.25, -0.2) is 0 Å². The molecule has 0 aromatic heterocycles. The standard InChI is InChI=1S/C18H26N2O.ClH/c21-18(10-9-15-11-12-19-13-15)20(14-16-5-4-6-16)17-7-2-1-3-8-17;/h1-3,7-8,15-16,19H,4-6,9-14H2;1H. The van der Waals surface area contributed by atoms with E-state index >= 15 is 0 Å². The lowest BCUT2D eigenvalue weighted by Gasteiger charge is -2.32. The molecule has 0 bridgehead atoms. The molecule has 1 heterocycles. The summed E-state index contributed by atoms with van der Waals surface area (Å²) in [5.74, 6) is 1.71. The fourth-order valence-electron chi connectivity index (χ4n) is 3.32. The Bertz CT molecular complexity index is 455. The number of hydrogen-bond acceptors (Lipinski definition) is 2. The quantitative estimate of drug-likeness (QED) is 0.867. The maximum absolute atomic E-state index is 12.7. The third-order valence-corrected chi connectivity index (χ3v) is 4.96. The van der Waals surface area contributed by atoms with Gasteiger partial charge < -0.3 is 10.2 Å². The topological polar surface area (TPSA) is 32.3 Å². The summed E-state index contributed by atoms with van der Waals surface area (Å²) in [6, 6.07) is 10.2. The van der Waals surface area contributed by atoms with E-state index in [1.165, 1.54) is 25.7 Å². The largest absolute Gasteiger partial charge is 0.316 e. The summed E-state index contributed by atoms with van der Waals surface area (Å²) in [4.78, 5) is 14.7. The number of anilines is 1. The van der Waals surface area contributed by atoms with E-state index < -0.39 is 0 Å². The lowest BCUT2D eigenvalue weighted by molar-refractivity contribution is -0.119. The maximum atomic E-state index is 12.7. The van der Waals surface area contributed by atoms with Gasteiger partial charge in [0.2, 0.25) is 5.91 Å². The molecule has 3 rings (SSSR count). The summed E-state index contributed by atoms with van der Waals surface area (Å²) in [5.41, 5.74) is 1.07. The lowest BCUT2D eigenvalue weighted by atomic mass is 9.85. The van der Waals surface area contributed by atoms with Crippen LogP contribution in [0.1, 0.15) is 38.5 Å². The second-order valence-corrected chi connectivity index (χ2v) is 6.53. The van der Waals surface area contributed by atoms with Gasteiger partial charge >= 0.3 is 0 Å². The SMILES string of the molecule is Cl.O=C(CCC1CCNC1)N(CC1CCC1)c1ccccc1. The predicted molar refractivity (Wildman–Crippen MR) is 93.6 cm³/mol. The number of carbonyl (C=O) groups is 1. The van der Waals surface area contributed by atoms with Crippen molar-refractivity contribution in [3.05, 3.63) is 30.3 Å². The summed E-state index contributed by atoms with van der Waals surface area (Å²) in [7, 11) is 0. The van der Waals surface area contributed by atoms with Crippen molar-refractivity contribution >= 4 is 24.0 Å². The Morgan fingerprint density at radius 1 is 1.14 bits per heavy atom. The van der Waals surface area contributed by atoms with Gasteiger partial charge in [-0.2, -0.15) is 0 Å². The fraction of sp³-hybridized carbons (Fsp3) is 0.611. The highest BCUT2D eigenvalue weighted by atomic mass is 35.5. The van der Waals surface area contributed by atoms with Gasteiger partial charge in [0.1, 0.15) is 0 Å². The van der Waals surface area contributed by atoms with Crippen LogP contribution in [0.5, 0.6) is 0 Å². The molecule has 22 heavy (non-hydrogen) atoms. The summed E-state index contributed by atoms with van der Waals surface area (Å²) in [5, 5.41) is 3.38. The molecule has 2 fully saturated rings. The monoisotopic (exact) mass is 322 g/mol. The number of rotatable bonds is 6. The Hall–Kier alpha value is -1.06. The second-order valence-electron chi connectivity index (χ2n) is 6.53. The molecule has 1 unspecified atom stereocenters. The van der Waals surface area contributed by atoms with E-state index in [0.29, 0.717) is 24.2 Å². The van der Waals surface area contributed by atoms with Crippen LogP contribution in [-0.4, -0.2) is 25.5 Å². The second kappa shape index (κ2) is 8.54. The van der Waals surface area contributed by atoms with E-state index in [2.05, 4.69) is 17.4 Å². The minimum Gasteiger partial charge on any atom is -0.316 e. The number of para-hydroxylation sites is 1. The van der Waals surface area contributed by atoms with Crippen LogP contribution in [0.15, 0.2) is 30.3 Å². The first-order chi connectivity index (χ1) is 10.3. The first kappa shape index (κ1) is 17.3. The van der Waals surface area contributed by atoms with Crippen LogP contribution in [-0.2, 0) is 4.79 Å². The van der Waals surface area contributed by atoms with Crippen molar-refractivity contribution in [1.82, 2.24) is 5.32 Å². The van der Waals surface area contributed by atoms with E-state index in [1.54, 1.807) is 0 Å². The molecule has 1 amide bonds. The number of halogens is 1. The van der Waals surface area contributed by atoms with E-state index in [4.69, 9.17) is 0 Å². The molecule has 1 saturated carbocycles. The zero-order chi connectivity index (χ0) is 14.5. The average molecular weight is 323 g/mol. The molecule has 3 nitrogen and oxygen atoms in total. The number of nitrogens with zero attached hydrogens (tertiary/aromatic N) is 1. The van der Waals surface area contributed by atoms with Crippen molar-refractivity contribution in [2.45, 2.75) is 38.5 Å². The Morgan fingerprint density at radius 3 is 2.50 bits per heavy atom. The van der Waals surface area contributed by atoms with Crippen LogP contribution in [0, 0.1) is 11.8 Å². The highest BCUT2D eigenvalue weighted by Crippen LogP contribution is 2.29. The first-order valence-electron chi connectivity index (χ1n) is 8.39. The smallest absolute Gasteiger partial charge is 0.226 e. The van der Waals surface area contributed by atoms with Crippen molar-refractivity contribution in [3.63, 3.8) is 0 Å². The minimum atomic E-state index is 0. The molecule has 0 spiro atoms. The van der Waals surface area contributed by atoms with Crippen LogP contribution in [0.25, 0.3) is 0 Å². The van der Waals surface area contributed by atoms with Crippen molar-refractivity contribution in [3.8, 4) is 0 Å². The van der Waals surface area contributed by atoms with Gasteiger partial charge in [0.05, 0.1) is 0 Å². The fourth-order valence-corrected chi connectivity index (χ4v) is 3.32. The van der Waals surface area contributed by atoms with Crippen molar-refractivity contribution < 1.29 is 4.79 Å². The van der Waals surface area contributed by atoms with Gasteiger partial charge in [0.25, 0.3) is 0 Å². The molecule has 0 radical (unpaired) electrons. The van der Waals surface area contributed by atoms with Crippen LogP contribution in [0.4, 0.5) is 5.69 Å². The summed E-state index contributed by atoms with van der Waals surface area (Å²) in [6.45, 7) is 3.11. The van der Waals surface area contributed by atoms with E-state index in [9.17, 15) is 4.79 Å². The van der Waals surface area contributed by atoms with Crippen LogP contribution < -0.4 is 10.2 Å². The number of amides is 1. The van der Waals surface area contributed by atoms with Gasteiger partial charge in [-0.3, -0.25) is 4.79 Å². The third kappa shape index (κ3) is 4.47. The van der Waals surface area contributed by atoms with Crippen molar-refractivity contribution in [2.24, 2.45) is 11.8 Å². The zero-order valence-electron chi connectivity index (χ0n) is 13.2. The molecule has 1 N–H and O–H groups in total. The summed E-state index contributed by atoms with van der Waals surface area (Å²) < 4.78 is 0. The molecule has 1 aromatic rings. The van der Waals surface area contributed by atoms with Crippen LogP contribution >= 0.6 is 12.4 Å². The van der Waals surface area contributed by atoms with Crippen molar-refractivity contribution in [1.29, 1.82) is 0 Å². The minimum absolute atomic E-state index is 0. The predicted octanol–water partition coefficient (Wildman–Crippen LogP) is 3.63. The highest BCUT2D eigenvalue weighted by Gasteiger charge is 2.25. The molecule has 1 aliphatic carbocycles. The molecule has 1 atom stereocenters. The molecular weight excluding hydrogens is 296 g/mol. The molecular formula is C18H27ClN2O. The highest BCUT2D eigenvalue weighted by molar-refractivity contribution is 5.93. The van der Waals surface area contributed by atoms with E-state index in [-0.39, 0.29) is 12.4 Å². The van der Waals surface area contributed by atoms with E-state index in [0.717, 1.165) is 31.7 Å². The average Bonchev–Trinajstić information content (AvgIpc) is 2.98. The van der Waals surface area contributed by atoms with Gasteiger partial charge in [-0.15, -0.1) is 12.4 Å². The Labute approximate surface area is 139 Å². The summed E-state index contributed by atoms with van der Waals surface area (Å²) >= 11 is 0. The Kier molecular flexibility index (Phi) is 6.71. The number of carbonyl (C=O) groups excluding carboxylic acids is 1. The third-order valence-electron chi connectivity index (χ3n) is 4.96. The number of nitrogens with one attached hydrogen (secondary N) is 1. The van der Waals surface area contributed by atoms with Gasteiger partial charge in [0.15, 0.2) is 0 Å². The molecule has 122 valence electrons. The van der Waals surface area contributed by atoms with E-state index in [1.807, 2.05) is 23.1 Å². The van der Waals surface area contributed by atoms with Crippen LogP contribution in [0.3, 0.4) is 0 Å². The van der Waals surface area contributed by atoms with Crippen molar-refractivity contribution in [2.75, 3.05) is 24.5 Å². The zero-order valence-corrected chi connectivity index (χ0v) is 14.0. The Morgan fingerprint density at radius 2 is 1.91 bits per heavy atom. The molecule has 1 aliphatic heterocycles. The van der Waals surface area contributed by atoms with Gasteiger partial charge in [-0.1, -0.05) is 24.6 Å². The molecule has 1 saturated heterocycles. The van der Waals surface area contributed by atoms with Gasteiger partial charge in [0, 0.05) is 18.7 Å². The maximum Gasteiger partial charge on any atom is 0.226 e. The number of hydrogen-bond donors (Lipinski definition) is 1. The first-order valence-corrected chi connectivity index (χ1v) is 8.39. The summed E-state index contributed by atoms with van der Waals surface area (Å²) in [6.07, 6.45) is 6.83. The van der Waals surface area contributed by atoms with Crippen LogP contribution in [0.2, 0.25) is 0 Å². The van der Waals surface area contributed by atoms with Gasteiger partial charge in [-0.05, 0) is 62.7 Å². The Balaban J connectivity index is 0.00000176. The molecule has 2 aliphatic rings. The lowest BCUT2D eigenvalue weighted by Crippen LogP contribution is -2.37. The molecule has 1 aromatic carbocycles.